The monoisotopic (exact) mass is 462 g/mol. The molecule has 1 aliphatic rings. The molecule has 0 saturated heterocycles. The minimum atomic E-state index is -2.65. The average molecular weight is 462 g/mol. The fourth-order valence-electron chi connectivity index (χ4n) is 3.04. The topological polar surface area (TPSA) is 104 Å². The van der Waals surface area contributed by atoms with Crippen molar-refractivity contribution in [2.45, 2.75) is 13.0 Å². The smallest absolute Gasteiger partial charge is 0.408 e. The largest absolute Gasteiger partial charge is 0.486 e. The summed E-state index contributed by atoms with van der Waals surface area (Å²) in [6.45, 7) is -1.13. The van der Waals surface area contributed by atoms with Crippen molar-refractivity contribution in [2.24, 2.45) is 0 Å². The normalized spacial score (nSPS) is 13.8. The number of para-hydroxylation sites is 1. The zero-order chi connectivity index (χ0) is 23.1. The lowest BCUT2D eigenvalue weighted by Crippen LogP contribution is -2.46. The molecule has 32 heavy (non-hydrogen) atoms. The van der Waals surface area contributed by atoms with E-state index in [2.05, 4.69) is 15.6 Å². The summed E-state index contributed by atoms with van der Waals surface area (Å²) in [6.07, 6.45) is -1.11. The molecular weight excluding hydrogens is 442 g/mol. The lowest BCUT2D eigenvalue weighted by atomic mass is 10.0. The van der Waals surface area contributed by atoms with E-state index in [1.165, 1.54) is 12.4 Å². The number of amides is 1. The molecule has 168 valence electrons. The van der Waals surface area contributed by atoms with Crippen LogP contribution in [0.1, 0.15) is 5.56 Å². The average Bonchev–Trinajstić information content (AvgIpc) is 2.76. The van der Waals surface area contributed by atoms with Crippen LogP contribution in [-0.4, -0.2) is 58.0 Å². The highest BCUT2D eigenvalue weighted by molar-refractivity contribution is 7.81. The number of nitrogens with zero attached hydrogens (tertiary/aromatic N) is 2. The number of aromatic nitrogens is 1. The Kier molecular flexibility index (Phi) is 7.66. The van der Waals surface area contributed by atoms with Crippen molar-refractivity contribution in [2.75, 3.05) is 25.0 Å². The molecule has 0 bridgehead atoms. The van der Waals surface area contributed by atoms with E-state index in [4.69, 9.17) is 17.0 Å². The standard InChI is InChI=1S/C21H20F2N4O4S/c22-18(23)12-31-17-9-24-7-6-13(17)8-25-15-10-27(21(29)30)11-16(28)19(15)20(32)26-14-4-2-1-3-5-14/h1-7,9,18,25H,8,10-12H2,(H,26,32)(H,29,30). The number of hydrogen-bond donors (Lipinski definition) is 3. The summed E-state index contributed by atoms with van der Waals surface area (Å²) in [7, 11) is 0. The number of pyridine rings is 1. The van der Waals surface area contributed by atoms with Crippen LogP contribution >= 0.6 is 12.2 Å². The molecular formula is C21H20F2N4O4S. The second-order valence-electron chi connectivity index (χ2n) is 6.77. The summed E-state index contributed by atoms with van der Waals surface area (Å²) in [5, 5.41) is 15.4. The number of halogens is 2. The van der Waals surface area contributed by atoms with Crippen LogP contribution in [0, 0.1) is 0 Å². The summed E-state index contributed by atoms with van der Waals surface area (Å²) >= 11 is 5.43. The van der Waals surface area contributed by atoms with Crippen LogP contribution in [0.4, 0.5) is 19.3 Å². The van der Waals surface area contributed by atoms with E-state index < -0.39 is 24.9 Å². The second kappa shape index (κ2) is 10.6. The molecule has 0 fully saturated rings. The molecule has 1 amide bonds. The Labute approximate surface area is 187 Å². The van der Waals surface area contributed by atoms with Gasteiger partial charge in [0.05, 0.1) is 24.9 Å². The number of carbonyl (C=O) groups is 2. The van der Waals surface area contributed by atoms with Crippen LogP contribution in [0.25, 0.3) is 0 Å². The SMILES string of the molecule is O=C1CN(C(=O)O)CC(NCc2ccncc2OCC(F)F)=C1C(=S)Nc1ccccc1. The molecule has 0 aliphatic carbocycles. The first-order chi connectivity index (χ1) is 15.3. The summed E-state index contributed by atoms with van der Waals surface area (Å²) in [4.78, 5) is 29.2. The van der Waals surface area contributed by atoms with Crippen molar-refractivity contribution in [3.05, 3.63) is 65.6 Å². The summed E-state index contributed by atoms with van der Waals surface area (Å²) in [5.74, 6) is -0.303. The third-order valence-electron chi connectivity index (χ3n) is 4.52. The Morgan fingerprint density at radius 1 is 1.25 bits per heavy atom. The Balaban J connectivity index is 1.85. The third-order valence-corrected chi connectivity index (χ3v) is 4.83. The summed E-state index contributed by atoms with van der Waals surface area (Å²) in [6, 6.07) is 10.6. The molecule has 2 aromatic rings. The molecule has 0 saturated carbocycles. The van der Waals surface area contributed by atoms with E-state index in [0.29, 0.717) is 16.9 Å². The second-order valence-corrected chi connectivity index (χ2v) is 7.18. The van der Waals surface area contributed by atoms with Gasteiger partial charge in [-0.3, -0.25) is 14.7 Å². The van der Waals surface area contributed by atoms with Crippen molar-refractivity contribution in [1.29, 1.82) is 0 Å². The fourth-order valence-corrected chi connectivity index (χ4v) is 3.40. The number of nitrogens with one attached hydrogen (secondary N) is 2. The van der Waals surface area contributed by atoms with Crippen LogP contribution in [-0.2, 0) is 11.3 Å². The Hall–Kier alpha value is -3.60. The first-order valence-corrected chi connectivity index (χ1v) is 9.94. The lowest BCUT2D eigenvalue weighted by Gasteiger charge is -2.29. The zero-order valence-electron chi connectivity index (χ0n) is 16.8. The molecule has 1 aromatic heterocycles. The molecule has 2 heterocycles. The number of benzene rings is 1. The first-order valence-electron chi connectivity index (χ1n) is 9.53. The number of anilines is 1. The van der Waals surface area contributed by atoms with Crippen molar-refractivity contribution in [1.82, 2.24) is 15.2 Å². The zero-order valence-corrected chi connectivity index (χ0v) is 17.6. The molecule has 3 rings (SSSR count). The molecule has 0 radical (unpaired) electrons. The number of ether oxygens (including phenoxy) is 1. The lowest BCUT2D eigenvalue weighted by molar-refractivity contribution is -0.116. The molecule has 0 atom stereocenters. The van der Waals surface area contributed by atoms with Gasteiger partial charge in [0, 0.05) is 29.7 Å². The van der Waals surface area contributed by atoms with Crippen LogP contribution < -0.4 is 15.4 Å². The maximum atomic E-state index is 12.8. The molecule has 8 nitrogen and oxygen atoms in total. The van der Waals surface area contributed by atoms with Crippen LogP contribution in [0.15, 0.2) is 60.1 Å². The van der Waals surface area contributed by atoms with E-state index in [-0.39, 0.29) is 35.9 Å². The van der Waals surface area contributed by atoms with Gasteiger partial charge in [-0.25, -0.2) is 13.6 Å². The van der Waals surface area contributed by atoms with E-state index in [9.17, 15) is 23.5 Å². The van der Waals surface area contributed by atoms with E-state index >= 15 is 0 Å². The quantitative estimate of drug-likeness (QED) is 0.515. The van der Waals surface area contributed by atoms with Crippen molar-refractivity contribution < 1.29 is 28.2 Å². The predicted molar refractivity (Wildman–Crippen MR) is 117 cm³/mol. The first kappa shape index (κ1) is 23.1. The van der Waals surface area contributed by atoms with Gasteiger partial charge >= 0.3 is 6.09 Å². The highest BCUT2D eigenvalue weighted by Gasteiger charge is 2.31. The number of Topliss-reactive ketones (excluding diaryl/α,β-unsaturated/α-hetero) is 1. The Bertz CT molecular complexity index is 1030. The summed E-state index contributed by atoms with van der Waals surface area (Å²) in [5.41, 5.74) is 1.66. The molecule has 0 spiro atoms. The van der Waals surface area contributed by atoms with Gasteiger partial charge in [-0.2, -0.15) is 0 Å². The molecule has 11 heteroatoms. The Morgan fingerprint density at radius 2 is 2.00 bits per heavy atom. The number of rotatable bonds is 8. The number of carboxylic acid groups (broad SMARTS) is 1. The maximum absolute atomic E-state index is 12.8. The van der Waals surface area contributed by atoms with E-state index in [1.54, 1.807) is 30.3 Å². The van der Waals surface area contributed by atoms with Gasteiger partial charge in [0.1, 0.15) is 17.3 Å². The highest BCUT2D eigenvalue weighted by Crippen LogP contribution is 2.21. The number of thiocarbonyl (C=S) groups is 1. The van der Waals surface area contributed by atoms with Gasteiger partial charge < -0.3 is 20.5 Å². The van der Waals surface area contributed by atoms with Crippen molar-refractivity contribution >= 4 is 34.8 Å². The van der Waals surface area contributed by atoms with Crippen LogP contribution in [0.3, 0.4) is 0 Å². The Morgan fingerprint density at radius 3 is 2.69 bits per heavy atom. The summed E-state index contributed by atoms with van der Waals surface area (Å²) < 4.78 is 30.1. The number of ketones is 1. The molecule has 1 aliphatic heterocycles. The van der Waals surface area contributed by atoms with Gasteiger partial charge in [-0.1, -0.05) is 30.4 Å². The minimum absolute atomic E-state index is 0.0780. The maximum Gasteiger partial charge on any atom is 0.408 e. The molecule has 0 unspecified atom stereocenters. The predicted octanol–water partition coefficient (Wildman–Crippen LogP) is 3.07. The number of carbonyl (C=O) groups excluding carboxylic acids is 1. The van der Waals surface area contributed by atoms with Gasteiger partial charge in [-0.05, 0) is 18.2 Å². The van der Waals surface area contributed by atoms with Gasteiger partial charge in [0.15, 0.2) is 5.78 Å². The van der Waals surface area contributed by atoms with Crippen LogP contribution in [0.5, 0.6) is 5.75 Å². The van der Waals surface area contributed by atoms with Crippen molar-refractivity contribution in [3.8, 4) is 5.75 Å². The third kappa shape index (κ3) is 5.97. The molecule has 1 aromatic carbocycles. The highest BCUT2D eigenvalue weighted by atomic mass is 32.1. The number of alkyl halides is 2. The van der Waals surface area contributed by atoms with Crippen LogP contribution in [0.2, 0.25) is 0 Å². The molecule has 3 N–H and O–H groups in total. The fraction of sp³-hybridized carbons (Fsp3) is 0.238. The van der Waals surface area contributed by atoms with E-state index in [1.807, 2.05) is 6.07 Å². The van der Waals surface area contributed by atoms with Gasteiger partial charge in [0.25, 0.3) is 6.43 Å². The van der Waals surface area contributed by atoms with Gasteiger partial charge in [-0.15, -0.1) is 0 Å². The van der Waals surface area contributed by atoms with E-state index in [0.717, 1.165) is 4.90 Å². The van der Waals surface area contributed by atoms with Gasteiger partial charge in [0.2, 0.25) is 0 Å². The minimum Gasteiger partial charge on any atom is -0.486 e. The van der Waals surface area contributed by atoms with Crippen molar-refractivity contribution in [3.63, 3.8) is 0 Å². The number of hydrogen-bond acceptors (Lipinski definition) is 6.